The van der Waals surface area contributed by atoms with Crippen LogP contribution < -0.4 is 5.32 Å². The lowest BCUT2D eigenvalue weighted by Gasteiger charge is -2.31. The van der Waals surface area contributed by atoms with Gasteiger partial charge in [-0.3, -0.25) is 0 Å². The van der Waals surface area contributed by atoms with Gasteiger partial charge in [0.25, 0.3) is 10.0 Å². The number of hydrogen-bond acceptors (Lipinski definition) is 9. The lowest BCUT2D eigenvalue weighted by atomic mass is 10.1. The van der Waals surface area contributed by atoms with Crippen LogP contribution in [0.1, 0.15) is 18.4 Å². The summed E-state index contributed by atoms with van der Waals surface area (Å²) < 4.78 is 96.5. The SMILES string of the molecule is CN(C)S(=O)(=O)n1cnc(-c2nc(NC3CCN(S(=O)(=O)c4cn(CI)cn4)CC3)ncc2C(F)(F)F)c1. The van der Waals surface area contributed by atoms with Crippen LogP contribution in [0.15, 0.2) is 36.3 Å². The van der Waals surface area contributed by atoms with Gasteiger partial charge >= 0.3 is 16.4 Å². The normalized spacial score (nSPS) is 16.3. The van der Waals surface area contributed by atoms with Crippen molar-refractivity contribution in [1.82, 2.24) is 37.1 Å². The van der Waals surface area contributed by atoms with Crippen LogP contribution in [-0.2, 0) is 31.0 Å². The van der Waals surface area contributed by atoms with Crippen LogP contribution >= 0.6 is 22.6 Å². The third kappa shape index (κ3) is 5.80. The van der Waals surface area contributed by atoms with E-state index in [1.807, 2.05) is 0 Å². The van der Waals surface area contributed by atoms with Gasteiger partial charge in [-0.1, -0.05) is 22.6 Å². The average Bonchev–Trinajstić information content (AvgIpc) is 3.54. The first kappa shape index (κ1) is 28.6. The number of halogens is 4. The zero-order chi connectivity index (χ0) is 27.9. The fraction of sp³-hybridized carbons (Fsp3) is 0.474. The minimum atomic E-state index is -4.82. The van der Waals surface area contributed by atoms with Gasteiger partial charge in [0, 0.05) is 45.6 Å². The Balaban J connectivity index is 1.53. The van der Waals surface area contributed by atoms with Crippen LogP contribution in [0.25, 0.3) is 11.4 Å². The molecule has 38 heavy (non-hydrogen) atoms. The lowest BCUT2D eigenvalue weighted by molar-refractivity contribution is -0.137. The first-order valence-electron chi connectivity index (χ1n) is 11.0. The van der Waals surface area contributed by atoms with Gasteiger partial charge in [-0.15, -0.1) is 0 Å². The number of alkyl halides is 4. The van der Waals surface area contributed by atoms with Crippen LogP contribution in [0.3, 0.4) is 0 Å². The Morgan fingerprint density at radius 3 is 2.34 bits per heavy atom. The van der Waals surface area contributed by atoms with Gasteiger partial charge in [-0.05, 0) is 12.8 Å². The molecule has 4 heterocycles. The van der Waals surface area contributed by atoms with E-state index in [0.717, 1.165) is 16.8 Å². The molecule has 3 aromatic heterocycles. The Morgan fingerprint density at radius 2 is 1.76 bits per heavy atom. The molecule has 208 valence electrons. The molecule has 0 spiro atoms. The van der Waals surface area contributed by atoms with Gasteiger partial charge in [0.1, 0.15) is 23.3 Å². The van der Waals surface area contributed by atoms with E-state index in [4.69, 9.17) is 0 Å². The maximum Gasteiger partial charge on any atom is 0.420 e. The summed E-state index contributed by atoms with van der Waals surface area (Å²) in [4.78, 5) is 15.6. The highest BCUT2D eigenvalue weighted by Crippen LogP contribution is 2.36. The second-order valence-electron chi connectivity index (χ2n) is 8.50. The second kappa shape index (κ2) is 10.7. The highest BCUT2D eigenvalue weighted by atomic mass is 127. The molecule has 13 nitrogen and oxygen atoms in total. The third-order valence-corrected chi connectivity index (χ3v) is 9.99. The van der Waals surface area contributed by atoms with Gasteiger partial charge in [-0.2, -0.15) is 30.2 Å². The first-order valence-corrected chi connectivity index (χ1v) is 15.4. The molecule has 0 atom stereocenters. The van der Waals surface area contributed by atoms with Crippen molar-refractivity contribution in [2.24, 2.45) is 0 Å². The fourth-order valence-electron chi connectivity index (χ4n) is 3.69. The van der Waals surface area contributed by atoms with Crippen molar-refractivity contribution in [3.63, 3.8) is 0 Å². The van der Waals surface area contributed by atoms with Crippen molar-refractivity contribution in [2.75, 3.05) is 32.5 Å². The second-order valence-corrected chi connectivity index (χ2v) is 13.1. The molecule has 1 aliphatic heterocycles. The maximum atomic E-state index is 13.7. The molecule has 4 rings (SSSR count). The summed E-state index contributed by atoms with van der Waals surface area (Å²) in [6, 6.07) is -0.315. The van der Waals surface area contributed by atoms with Crippen LogP contribution in [-0.4, -0.2) is 87.1 Å². The highest BCUT2D eigenvalue weighted by Gasteiger charge is 2.37. The van der Waals surface area contributed by atoms with Crippen LogP contribution in [0.5, 0.6) is 0 Å². The smallest absolute Gasteiger partial charge is 0.351 e. The third-order valence-electron chi connectivity index (χ3n) is 5.76. The topological polar surface area (TPSA) is 148 Å². The minimum Gasteiger partial charge on any atom is -0.351 e. The lowest BCUT2D eigenvalue weighted by Crippen LogP contribution is -2.42. The molecular weight excluding hydrogens is 666 g/mol. The van der Waals surface area contributed by atoms with Crippen molar-refractivity contribution in [3.05, 3.63) is 36.8 Å². The molecule has 1 saturated heterocycles. The molecule has 3 aromatic rings. The zero-order valence-electron chi connectivity index (χ0n) is 20.0. The summed E-state index contributed by atoms with van der Waals surface area (Å²) >= 11 is 2.08. The summed E-state index contributed by atoms with van der Waals surface area (Å²) in [5.41, 5.74) is -2.07. The van der Waals surface area contributed by atoms with E-state index in [0.29, 0.717) is 27.6 Å². The zero-order valence-corrected chi connectivity index (χ0v) is 23.8. The Morgan fingerprint density at radius 1 is 1.08 bits per heavy atom. The molecule has 1 N–H and O–H groups in total. The van der Waals surface area contributed by atoms with Gasteiger partial charge in [0.15, 0.2) is 5.03 Å². The van der Waals surface area contributed by atoms with Gasteiger partial charge in [-0.25, -0.2) is 32.3 Å². The molecule has 0 bridgehead atoms. The Kier molecular flexibility index (Phi) is 8.04. The number of aromatic nitrogens is 6. The maximum absolute atomic E-state index is 13.7. The van der Waals surface area contributed by atoms with E-state index in [1.165, 1.54) is 30.9 Å². The Bertz CT molecular complexity index is 1520. The predicted molar refractivity (Wildman–Crippen MR) is 138 cm³/mol. The van der Waals surface area contributed by atoms with Crippen molar-refractivity contribution >= 4 is 48.8 Å². The van der Waals surface area contributed by atoms with Crippen LogP contribution in [0, 0.1) is 0 Å². The predicted octanol–water partition coefficient (Wildman–Crippen LogP) is 1.87. The van der Waals surface area contributed by atoms with E-state index in [-0.39, 0.29) is 35.8 Å². The minimum absolute atomic E-state index is 0.0491. The quantitative estimate of drug-likeness (QED) is 0.277. The largest absolute Gasteiger partial charge is 0.420 e. The standard InChI is InChI=1S/C19H23F3IN9O4S2/c1-29(2)38(35,36)32-8-15(25-12-32)17-14(19(20,21)22)7-24-18(28-17)27-13-3-5-31(6-4-13)37(33,34)16-9-30(10-23)11-26-16/h7-9,11-13H,3-6,10H2,1-2H3,(H,24,27,28). The van der Waals surface area contributed by atoms with E-state index < -0.39 is 37.7 Å². The van der Waals surface area contributed by atoms with E-state index in [1.54, 1.807) is 4.57 Å². The molecule has 1 aliphatic rings. The molecule has 0 radical (unpaired) electrons. The van der Waals surface area contributed by atoms with Crippen molar-refractivity contribution in [1.29, 1.82) is 0 Å². The number of piperidine rings is 1. The molecule has 0 saturated carbocycles. The van der Waals surface area contributed by atoms with E-state index in [9.17, 15) is 30.0 Å². The van der Waals surface area contributed by atoms with E-state index >= 15 is 0 Å². The average molecular weight is 689 g/mol. The molecule has 0 aromatic carbocycles. The monoisotopic (exact) mass is 689 g/mol. The first-order chi connectivity index (χ1) is 17.7. The van der Waals surface area contributed by atoms with Crippen LogP contribution in [0.2, 0.25) is 0 Å². The highest BCUT2D eigenvalue weighted by molar-refractivity contribution is 14.1. The number of nitrogens with zero attached hydrogens (tertiary/aromatic N) is 8. The summed E-state index contributed by atoms with van der Waals surface area (Å²) in [6.07, 6.45) is 1.21. The van der Waals surface area contributed by atoms with E-state index in [2.05, 4.69) is 47.8 Å². The molecule has 1 fully saturated rings. The van der Waals surface area contributed by atoms with Crippen molar-refractivity contribution in [2.45, 2.75) is 34.6 Å². The summed E-state index contributed by atoms with van der Waals surface area (Å²) in [5.74, 6) is -0.125. The van der Waals surface area contributed by atoms with Gasteiger partial charge in [0.05, 0.1) is 17.1 Å². The van der Waals surface area contributed by atoms with Crippen LogP contribution in [0.4, 0.5) is 19.1 Å². The molecular formula is C19H23F3IN9O4S2. The molecule has 19 heteroatoms. The van der Waals surface area contributed by atoms with Crippen molar-refractivity contribution < 1.29 is 30.0 Å². The summed E-state index contributed by atoms with van der Waals surface area (Å²) in [7, 11) is -5.22. The summed E-state index contributed by atoms with van der Waals surface area (Å²) in [5, 5.41) is 2.91. The fourth-order valence-corrected chi connectivity index (χ4v) is 6.25. The number of imidazole rings is 2. The van der Waals surface area contributed by atoms with Gasteiger partial charge in [0.2, 0.25) is 5.95 Å². The number of rotatable bonds is 8. The molecule has 0 aliphatic carbocycles. The van der Waals surface area contributed by atoms with Gasteiger partial charge < -0.3 is 9.88 Å². The molecule has 0 amide bonds. The Labute approximate surface area is 230 Å². The molecule has 0 unspecified atom stereocenters. The van der Waals surface area contributed by atoms with Crippen molar-refractivity contribution in [3.8, 4) is 11.4 Å². The summed E-state index contributed by atoms with van der Waals surface area (Å²) in [6.45, 7) is 0.328. The number of sulfonamides is 1. The number of hydrogen-bond donors (Lipinski definition) is 1. The number of nitrogens with one attached hydrogen (secondary N) is 1. The number of anilines is 1. The Hall–Kier alpha value is -2.36.